The van der Waals surface area contributed by atoms with E-state index < -0.39 is 23.3 Å². The van der Waals surface area contributed by atoms with Gasteiger partial charge in [-0.25, -0.2) is 9.59 Å². The molecule has 162 valence electrons. The number of ether oxygens (including phenoxy) is 3. The van der Waals surface area contributed by atoms with E-state index in [0.29, 0.717) is 23.7 Å². The van der Waals surface area contributed by atoms with Crippen LogP contribution in [0.1, 0.15) is 45.7 Å². The van der Waals surface area contributed by atoms with Crippen molar-refractivity contribution in [1.29, 1.82) is 0 Å². The highest BCUT2D eigenvalue weighted by Gasteiger charge is 2.30. The third-order valence-electron chi connectivity index (χ3n) is 3.98. The molecule has 0 aliphatic carbocycles. The molecule has 2 aromatic carbocycles. The molecule has 2 rings (SSSR count). The summed E-state index contributed by atoms with van der Waals surface area (Å²) in [5, 5.41) is 12.0. The van der Waals surface area contributed by atoms with Gasteiger partial charge in [0.2, 0.25) is 0 Å². The first-order valence-electron chi connectivity index (χ1n) is 9.65. The number of carbonyl (C=O) groups is 2. The molecule has 7 heteroatoms. The lowest BCUT2D eigenvalue weighted by molar-refractivity contribution is -0.152. The predicted octanol–water partition coefficient (Wildman–Crippen LogP) is 4.53. The van der Waals surface area contributed by atoms with Gasteiger partial charge in [-0.1, -0.05) is 30.3 Å². The number of carbonyl (C=O) groups excluding carboxylic acids is 1. The van der Waals surface area contributed by atoms with Crippen molar-refractivity contribution in [3.8, 4) is 11.5 Å². The topological polar surface area (TPSA) is 94.1 Å². The molecule has 0 aromatic heterocycles. The number of aliphatic carboxylic acids is 1. The minimum atomic E-state index is -1.44. The third-order valence-corrected chi connectivity index (χ3v) is 3.98. The highest BCUT2D eigenvalue weighted by molar-refractivity contribution is 5.77. The number of hydrogen-bond donors (Lipinski definition) is 2. The molecular formula is C23H29NO6. The zero-order valence-electron chi connectivity index (χ0n) is 18.0. The molecule has 0 saturated carbocycles. The number of rotatable bonds is 8. The van der Waals surface area contributed by atoms with E-state index in [0.717, 1.165) is 5.56 Å². The molecule has 0 unspecified atom stereocenters. The summed E-state index contributed by atoms with van der Waals surface area (Å²) in [5.74, 6) is -0.191. The quantitative estimate of drug-likeness (QED) is 0.658. The monoisotopic (exact) mass is 415 g/mol. The summed E-state index contributed by atoms with van der Waals surface area (Å²) in [5.41, 5.74) is -0.485. The maximum absolute atomic E-state index is 12.0. The van der Waals surface area contributed by atoms with Gasteiger partial charge in [-0.15, -0.1) is 0 Å². The predicted molar refractivity (Wildman–Crippen MR) is 113 cm³/mol. The van der Waals surface area contributed by atoms with Crippen molar-refractivity contribution in [2.75, 3.05) is 0 Å². The van der Waals surface area contributed by atoms with Crippen molar-refractivity contribution < 1.29 is 28.9 Å². The number of hydrogen-bond acceptors (Lipinski definition) is 5. The van der Waals surface area contributed by atoms with Gasteiger partial charge in [0.15, 0.2) is 5.60 Å². The van der Waals surface area contributed by atoms with Crippen LogP contribution in [0.4, 0.5) is 4.79 Å². The molecule has 0 fully saturated rings. The van der Waals surface area contributed by atoms with E-state index in [1.165, 1.54) is 13.8 Å². The van der Waals surface area contributed by atoms with Gasteiger partial charge in [0.1, 0.15) is 23.7 Å². The van der Waals surface area contributed by atoms with E-state index in [-0.39, 0.29) is 6.54 Å². The van der Waals surface area contributed by atoms with Gasteiger partial charge in [0.25, 0.3) is 0 Å². The number of alkyl carbamates (subject to hydrolysis) is 1. The molecule has 1 amide bonds. The first-order valence-corrected chi connectivity index (χ1v) is 9.65. The fourth-order valence-electron chi connectivity index (χ4n) is 2.42. The number of amides is 1. The maximum Gasteiger partial charge on any atom is 0.407 e. The fraction of sp³-hybridized carbons (Fsp3) is 0.391. The molecular weight excluding hydrogens is 386 g/mol. The Morgan fingerprint density at radius 3 is 2.27 bits per heavy atom. The van der Waals surface area contributed by atoms with Crippen LogP contribution in [0.15, 0.2) is 48.5 Å². The van der Waals surface area contributed by atoms with Gasteiger partial charge in [-0.2, -0.15) is 0 Å². The van der Waals surface area contributed by atoms with Crippen LogP contribution in [0.2, 0.25) is 0 Å². The maximum atomic E-state index is 12.0. The molecule has 0 radical (unpaired) electrons. The number of carboxylic acids is 1. The SMILES string of the molecule is CC(C)(C)OC(=O)NCc1cc(OCc2ccccc2)ccc1OC(C)(C)C(=O)O. The lowest BCUT2D eigenvalue weighted by Gasteiger charge is -2.24. The molecule has 7 nitrogen and oxygen atoms in total. The van der Waals surface area contributed by atoms with Gasteiger partial charge in [-0.3, -0.25) is 0 Å². The third kappa shape index (κ3) is 7.31. The summed E-state index contributed by atoms with van der Waals surface area (Å²) in [7, 11) is 0. The average molecular weight is 415 g/mol. The summed E-state index contributed by atoms with van der Waals surface area (Å²) >= 11 is 0. The number of nitrogens with one attached hydrogen (secondary N) is 1. The Hall–Kier alpha value is -3.22. The van der Waals surface area contributed by atoms with E-state index in [1.54, 1.807) is 39.0 Å². The van der Waals surface area contributed by atoms with Crippen LogP contribution in [0.3, 0.4) is 0 Å². The Morgan fingerprint density at radius 2 is 1.67 bits per heavy atom. The molecule has 30 heavy (non-hydrogen) atoms. The van der Waals surface area contributed by atoms with E-state index >= 15 is 0 Å². The molecule has 0 aliphatic heterocycles. The molecule has 2 aromatic rings. The Bertz CT molecular complexity index is 871. The van der Waals surface area contributed by atoms with Crippen LogP contribution < -0.4 is 14.8 Å². The molecule has 0 atom stereocenters. The van der Waals surface area contributed by atoms with E-state index in [1.807, 2.05) is 30.3 Å². The summed E-state index contributed by atoms with van der Waals surface area (Å²) in [6.07, 6.45) is -0.582. The summed E-state index contributed by atoms with van der Waals surface area (Å²) in [6.45, 7) is 8.70. The minimum absolute atomic E-state index is 0.0858. The standard InChI is InChI=1S/C23H29NO6/c1-22(2,3)30-21(27)24-14-17-13-18(28-15-16-9-7-6-8-10-16)11-12-19(17)29-23(4,5)20(25)26/h6-13H,14-15H2,1-5H3,(H,24,27)(H,25,26). The Labute approximate surface area is 177 Å². The van der Waals surface area contributed by atoms with Gasteiger partial charge in [0.05, 0.1) is 0 Å². The second kappa shape index (κ2) is 9.52. The van der Waals surface area contributed by atoms with E-state index in [2.05, 4.69) is 5.32 Å². The first-order chi connectivity index (χ1) is 14.0. The molecule has 2 N–H and O–H groups in total. The molecule has 0 spiro atoms. The lowest BCUT2D eigenvalue weighted by atomic mass is 10.1. The first kappa shape index (κ1) is 23.1. The van der Waals surface area contributed by atoms with Crippen LogP contribution in [0, 0.1) is 0 Å². The number of carboxylic acid groups (broad SMARTS) is 1. The Morgan fingerprint density at radius 1 is 1.00 bits per heavy atom. The smallest absolute Gasteiger partial charge is 0.407 e. The van der Waals surface area contributed by atoms with Crippen molar-refractivity contribution in [1.82, 2.24) is 5.32 Å². The summed E-state index contributed by atoms with van der Waals surface area (Å²) < 4.78 is 16.8. The molecule has 0 aliphatic rings. The summed E-state index contributed by atoms with van der Waals surface area (Å²) in [6, 6.07) is 14.8. The van der Waals surface area contributed by atoms with E-state index in [4.69, 9.17) is 14.2 Å². The minimum Gasteiger partial charge on any atom is -0.489 e. The van der Waals surface area contributed by atoms with Crippen molar-refractivity contribution in [3.05, 3.63) is 59.7 Å². The normalized spacial score (nSPS) is 11.5. The summed E-state index contributed by atoms with van der Waals surface area (Å²) in [4.78, 5) is 23.5. The van der Waals surface area contributed by atoms with Crippen LogP contribution in [-0.2, 0) is 22.7 Å². The molecule has 0 bridgehead atoms. The molecule has 0 saturated heterocycles. The van der Waals surface area contributed by atoms with Gasteiger partial charge in [0, 0.05) is 12.1 Å². The Kier molecular flexibility index (Phi) is 7.32. The van der Waals surface area contributed by atoms with Crippen molar-refractivity contribution >= 4 is 12.1 Å². The van der Waals surface area contributed by atoms with Crippen molar-refractivity contribution in [2.45, 2.75) is 59.0 Å². The van der Waals surface area contributed by atoms with Gasteiger partial charge >= 0.3 is 12.1 Å². The van der Waals surface area contributed by atoms with Crippen molar-refractivity contribution in [3.63, 3.8) is 0 Å². The van der Waals surface area contributed by atoms with Crippen molar-refractivity contribution in [2.24, 2.45) is 0 Å². The second-order valence-electron chi connectivity index (χ2n) is 8.32. The number of benzene rings is 2. The van der Waals surface area contributed by atoms with Crippen LogP contribution >= 0.6 is 0 Å². The Balaban J connectivity index is 2.18. The highest BCUT2D eigenvalue weighted by atomic mass is 16.6. The zero-order valence-corrected chi connectivity index (χ0v) is 18.0. The van der Waals surface area contributed by atoms with Gasteiger partial charge in [-0.05, 0) is 58.4 Å². The second-order valence-corrected chi connectivity index (χ2v) is 8.32. The fourth-order valence-corrected chi connectivity index (χ4v) is 2.42. The zero-order chi connectivity index (χ0) is 22.4. The van der Waals surface area contributed by atoms with Crippen LogP contribution in [0.25, 0.3) is 0 Å². The van der Waals surface area contributed by atoms with Gasteiger partial charge < -0.3 is 24.6 Å². The van der Waals surface area contributed by atoms with Crippen LogP contribution in [-0.4, -0.2) is 28.4 Å². The van der Waals surface area contributed by atoms with Crippen LogP contribution in [0.5, 0.6) is 11.5 Å². The average Bonchev–Trinajstić information content (AvgIpc) is 2.65. The molecule has 0 heterocycles. The lowest BCUT2D eigenvalue weighted by Crippen LogP contribution is -2.38. The van der Waals surface area contributed by atoms with E-state index in [9.17, 15) is 14.7 Å². The largest absolute Gasteiger partial charge is 0.489 e. The highest BCUT2D eigenvalue weighted by Crippen LogP contribution is 2.28.